The molecule has 1 aromatic heterocycles. The van der Waals surface area contributed by atoms with Gasteiger partial charge in [-0.25, -0.2) is 4.79 Å². The van der Waals surface area contributed by atoms with Crippen LogP contribution in [0.15, 0.2) is 33.5 Å². The SMILES string of the molecule is O=C1c2ccccc2-c2oc(=O)[nH]c2C1O. The maximum atomic E-state index is 11.8. The van der Waals surface area contributed by atoms with Crippen molar-refractivity contribution >= 4 is 5.78 Å². The van der Waals surface area contributed by atoms with Gasteiger partial charge in [-0.05, 0) is 0 Å². The summed E-state index contributed by atoms with van der Waals surface area (Å²) in [5, 5.41) is 9.71. The second kappa shape index (κ2) is 2.93. The maximum Gasteiger partial charge on any atom is 0.417 e. The molecule has 1 aliphatic carbocycles. The van der Waals surface area contributed by atoms with Crippen LogP contribution in [0.25, 0.3) is 11.3 Å². The number of aromatic nitrogens is 1. The number of oxazole rings is 1. The van der Waals surface area contributed by atoms with Crippen molar-refractivity contribution in [3.8, 4) is 11.3 Å². The van der Waals surface area contributed by atoms with Gasteiger partial charge >= 0.3 is 5.76 Å². The van der Waals surface area contributed by atoms with Crippen LogP contribution in [-0.4, -0.2) is 15.9 Å². The first-order valence-electron chi connectivity index (χ1n) is 4.73. The van der Waals surface area contributed by atoms with E-state index in [9.17, 15) is 14.7 Å². The topological polar surface area (TPSA) is 83.3 Å². The first-order chi connectivity index (χ1) is 7.68. The number of aromatic amines is 1. The molecule has 5 nitrogen and oxygen atoms in total. The lowest BCUT2D eigenvalue weighted by molar-refractivity contribution is 0.0735. The summed E-state index contributed by atoms with van der Waals surface area (Å²) in [7, 11) is 0. The number of Topliss-reactive ketones (excluding diaryl/α,β-unsaturated/α-hetero) is 1. The Labute approximate surface area is 89.3 Å². The molecule has 1 atom stereocenters. The molecule has 2 N–H and O–H groups in total. The van der Waals surface area contributed by atoms with Crippen LogP contribution < -0.4 is 5.76 Å². The van der Waals surface area contributed by atoms with Crippen molar-refractivity contribution in [2.24, 2.45) is 0 Å². The van der Waals surface area contributed by atoms with Gasteiger partial charge in [0.15, 0.2) is 17.6 Å². The molecular formula is C11H7NO4. The summed E-state index contributed by atoms with van der Waals surface area (Å²) in [6.45, 7) is 0. The molecule has 0 saturated carbocycles. The average molecular weight is 217 g/mol. The van der Waals surface area contributed by atoms with Gasteiger partial charge in [0, 0.05) is 11.1 Å². The standard InChI is InChI=1S/C11H7NO4/c13-8-5-3-1-2-4-6(5)10-7(9(8)14)12-11(15)16-10/h1-4,9,14H,(H,12,15). The minimum absolute atomic E-state index is 0.133. The number of rotatable bonds is 0. The lowest BCUT2D eigenvalue weighted by Crippen LogP contribution is -2.19. The normalized spacial score (nSPS) is 18.1. The van der Waals surface area contributed by atoms with Crippen LogP contribution in [0.1, 0.15) is 22.2 Å². The molecule has 0 saturated heterocycles. The van der Waals surface area contributed by atoms with Crippen molar-refractivity contribution < 1.29 is 14.3 Å². The van der Waals surface area contributed by atoms with Gasteiger partial charge < -0.3 is 9.52 Å². The number of nitrogens with one attached hydrogen (secondary N) is 1. The fraction of sp³-hybridized carbons (Fsp3) is 0.0909. The van der Waals surface area contributed by atoms with Gasteiger partial charge in [0.05, 0.1) is 0 Å². The molecule has 1 aliphatic rings. The van der Waals surface area contributed by atoms with E-state index in [0.717, 1.165) is 0 Å². The van der Waals surface area contributed by atoms with Gasteiger partial charge in [-0.15, -0.1) is 0 Å². The van der Waals surface area contributed by atoms with E-state index in [1.54, 1.807) is 24.3 Å². The molecule has 0 amide bonds. The number of benzene rings is 1. The Morgan fingerprint density at radius 3 is 2.62 bits per heavy atom. The Morgan fingerprint density at radius 1 is 1.19 bits per heavy atom. The van der Waals surface area contributed by atoms with Gasteiger partial charge in [0.1, 0.15) is 5.69 Å². The molecule has 16 heavy (non-hydrogen) atoms. The van der Waals surface area contributed by atoms with Gasteiger partial charge in [0.25, 0.3) is 0 Å². The molecule has 0 fully saturated rings. The van der Waals surface area contributed by atoms with Crippen LogP contribution in [0.5, 0.6) is 0 Å². The number of hydrogen-bond acceptors (Lipinski definition) is 4. The van der Waals surface area contributed by atoms with Crippen molar-refractivity contribution in [2.75, 3.05) is 0 Å². The number of aliphatic hydroxyl groups excluding tert-OH is 1. The lowest BCUT2D eigenvalue weighted by atomic mass is 9.90. The zero-order chi connectivity index (χ0) is 11.3. The van der Waals surface area contributed by atoms with E-state index in [4.69, 9.17) is 4.42 Å². The van der Waals surface area contributed by atoms with Crippen LogP contribution >= 0.6 is 0 Å². The highest BCUT2D eigenvalue weighted by Crippen LogP contribution is 2.36. The van der Waals surface area contributed by atoms with Crippen molar-refractivity contribution in [1.82, 2.24) is 4.98 Å². The third-order valence-corrected chi connectivity index (χ3v) is 2.64. The lowest BCUT2D eigenvalue weighted by Gasteiger charge is -2.17. The van der Waals surface area contributed by atoms with Crippen LogP contribution in [-0.2, 0) is 0 Å². The highest BCUT2D eigenvalue weighted by molar-refractivity contribution is 6.08. The molecule has 3 rings (SSSR count). The van der Waals surface area contributed by atoms with E-state index in [1.165, 1.54) is 0 Å². The Hall–Kier alpha value is -2.14. The Morgan fingerprint density at radius 2 is 1.88 bits per heavy atom. The number of aliphatic hydroxyl groups is 1. The van der Waals surface area contributed by atoms with Gasteiger partial charge in [0.2, 0.25) is 0 Å². The molecule has 1 aromatic carbocycles. The van der Waals surface area contributed by atoms with Crippen LogP contribution in [0, 0.1) is 0 Å². The number of fused-ring (bicyclic) bond motifs is 3. The van der Waals surface area contributed by atoms with Gasteiger partial charge in [-0.2, -0.15) is 0 Å². The molecular weight excluding hydrogens is 210 g/mol. The fourth-order valence-corrected chi connectivity index (χ4v) is 1.91. The zero-order valence-corrected chi connectivity index (χ0v) is 8.06. The maximum absolute atomic E-state index is 11.8. The fourth-order valence-electron chi connectivity index (χ4n) is 1.91. The molecule has 0 spiro atoms. The van der Waals surface area contributed by atoms with E-state index < -0.39 is 17.6 Å². The van der Waals surface area contributed by atoms with Crippen molar-refractivity contribution in [2.45, 2.75) is 6.10 Å². The molecule has 0 aliphatic heterocycles. The van der Waals surface area contributed by atoms with Crippen molar-refractivity contribution in [3.63, 3.8) is 0 Å². The van der Waals surface area contributed by atoms with Crippen LogP contribution in [0.3, 0.4) is 0 Å². The van der Waals surface area contributed by atoms with E-state index in [-0.39, 0.29) is 11.5 Å². The summed E-state index contributed by atoms with van der Waals surface area (Å²) in [5.41, 5.74) is 1.03. The molecule has 0 bridgehead atoms. The van der Waals surface area contributed by atoms with E-state index in [2.05, 4.69) is 4.98 Å². The van der Waals surface area contributed by atoms with Crippen molar-refractivity contribution in [1.29, 1.82) is 0 Å². The second-order valence-electron chi connectivity index (χ2n) is 3.57. The van der Waals surface area contributed by atoms with E-state index in [0.29, 0.717) is 11.1 Å². The predicted octanol–water partition coefficient (Wildman–Crippen LogP) is 0.865. The average Bonchev–Trinajstić information content (AvgIpc) is 2.68. The summed E-state index contributed by atoms with van der Waals surface area (Å²) >= 11 is 0. The predicted molar refractivity (Wildman–Crippen MR) is 54.1 cm³/mol. The van der Waals surface area contributed by atoms with Gasteiger partial charge in [-0.1, -0.05) is 24.3 Å². The molecule has 80 valence electrons. The highest BCUT2D eigenvalue weighted by atomic mass is 16.4. The Balaban J connectivity index is 2.40. The van der Waals surface area contributed by atoms with Crippen molar-refractivity contribution in [3.05, 3.63) is 46.1 Å². The smallest absolute Gasteiger partial charge is 0.407 e. The number of H-pyrrole nitrogens is 1. The quantitative estimate of drug-likeness (QED) is 0.685. The highest BCUT2D eigenvalue weighted by Gasteiger charge is 2.34. The van der Waals surface area contributed by atoms with E-state index >= 15 is 0 Å². The summed E-state index contributed by atoms with van der Waals surface area (Å²) in [6, 6.07) is 6.70. The Kier molecular flexibility index (Phi) is 1.67. The Bertz CT molecular complexity index is 637. The summed E-state index contributed by atoms with van der Waals surface area (Å²) < 4.78 is 4.93. The number of carbonyl (C=O) groups excluding carboxylic acids is 1. The summed E-state index contributed by atoms with van der Waals surface area (Å²) in [4.78, 5) is 25.2. The molecule has 1 heterocycles. The minimum Gasteiger partial charge on any atom is -0.407 e. The van der Waals surface area contributed by atoms with Crippen LogP contribution in [0.4, 0.5) is 0 Å². The van der Waals surface area contributed by atoms with Gasteiger partial charge in [-0.3, -0.25) is 9.78 Å². The van der Waals surface area contributed by atoms with Crippen LogP contribution in [0.2, 0.25) is 0 Å². The largest absolute Gasteiger partial charge is 0.417 e. The third-order valence-electron chi connectivity index (χ3n) is 2.64. The monoisotopic (exact) mass is 217 g/mol. The number of carbonyl (C=O) groups is 1. The third kappa shape index (κ3) is 1.03. The molecule has 0 radical (unpaired) electrons. The summed E-state index contributed by atoms with van der Waals surface area (Å²) in [6.07, 6.45) is -1.35. The first-order valence-corrected chi connectivity index (χ1v) is 4.73. The summed E-state index contributed by atoms with van der Waals surface area (Å²) in [5.74, 6) is -0.860. The molecule has 5 heteroatoms. The number of ketones is 1. The number of hydrogen-bond donors (Lipinski definition) is 2. The van der Waals surface area contributed by atoms with E-state index in [1.807, 2.05) is 0 Å². The minimum atomic E-state index is -1.35. The molecule has 1 unspecified atom stereocenters. The zero-order valence-electron chi connectivity index (χ0n) is 8.06. The second-order valence-corrected chi connectivity index (χ2v) is 3.57. The molecule has 2 aromatic rings. The first kappa shape index (κ1) is 9.11.